The smallest absolute Gasteiger partial charge is 0.364 e. The van der Waals surface area contributed by atoms with Crippen molar-refractivity contribution in [3.05, 3.63) is 0 Å². The molecule has 54 nitrogen and oxygen atoms in total. The lowest BCUT2D eigenvalue weighted by molar-refractivity contribution is -0.385. The molecule has 8 aliphatic rings. The topological polar surface area (TPSA) is 837 Å². The van der Waals surface area contributed by atoms with Crippen molar-refractivity contribution in [1.29, 1.82) is 0 Å². The number of carboxylic acids is 2. The Kier molecular flexibility index (Phi) is 37.8. The first-order valence-electron chi connectivity index (χ1n) is 41.2. The maximum atomic E-state index is 15.0. The zero-order valence-corrected chi connectivity index (χ0v) is 70.7. The molecule has 54 heteroatoms. The molecule has 8 saturated heterocycles. The maximum absolute atomic E-state index is 15.0. The van der Waals surface area contributed by atoms with E-state index < -0.39 is 368 Å². The second-order valence-corrected chi connectivity index (χ2v) is 32.7. The summed E-state index contributed by atoms with van der Waals surface area (Å²) in [6, 6.07) is -14.7. The zero-order valence-electron chi connectivity index (χ0n) is 70.7. The van der Waals surface area contributed by atoms with E-state index in [0.717, 1.165) is 39.5 Å². The molecule has 29 N–H and O–H groups in total. The third kappa shape index (κ3) is 24.3. The van der Waals surface area contributed by atoms with Gasteiger partial charge in [0.25, 0.3) is 11.6 Å². The lowest BCUT2D eigenvalue weighted by Crippen LogP contribution is -2.71. The first-order chi connectivity index (χ1) is 60.1. The summed E-state index contributed by atoms with van der Waals surface area (Å²) in [6.45, 7) is 0.298. The average Bonchev–Trinajstić information content (AvgIpc) is 0.911. The molecular formula is C74H120N10O44. The van der Waals surface area contributed by atoms with Crippen LogP contribution in [0.25, 0.3) is 0 Å². The first-order valence-corrected chi connectivity index (χ1v) is 41.2. The number of hydrogen-bond acceptors (Lipinski definition) is 42. The minimum atomic E-state index is -3.39. The Morgan fingerprint density at radius 1 is 0.469 bits per heavy atom. The highest BCUT2D eigenvalue weighted by atomic mass is 16.8. The standard InChI is InChI=1S/C74H120N10O44/c1-24(17-85)62(108)82-42(64(110)77-26(3)65(111)84-14-10-12-33(84)66(112)83-13-9-11-32(83)63(109)76-25(2)61(75)107)27(4)118-68-46(81-31(8)94)56(124-70-54(106)60(50(102)39(21-89)120-70)128-74(72(115)116)16-35(96)44(79-29(6)92)58(126-74)48(100)37(98)19-87)51(103)41(122-68)23-117-67-45(80-30(7)93)52(104)55(40(22-90)121-67)123-69-53(105)59(49(101)38(20-88)119-69)127-73(71(113)114)15-34(95)43(78-28(5)91)57(125-73)47(99)36(97)18-86/h24-27,32-60,67-70,85-90,95-106H,9-23H2,1-8H3,(H2,75,107)(H,76,109)(H,77,110)(H,78,91)(H,79,92)(H,80,93)(H,81,94)(H,82,108)(H,113,114)(H,115,116)/t24?,25?,26?,27?,32?,33?,34-,35-,36-,37-,38?,39?,40?,41?,42?,43-,44-,45?,46?,47-,48-,49+,50+,51+,52-,53?,54?,55-,56-,57?,58?,59+,60+,67-,68+,69+,70+,73+,74+/m1/s1. The molecule has 128 heavy (non-hydrogen) atoms. The minimum Gasteiger partial charge on any atom is -0.477 e. The van der Waals surface area contributed by atoms with E-state index in [9.17, 15) is 160 Å². The van der Waals surface area contributed by atoms with E-state index in [4.69, 9.17) is 62.6 Å². The van der Waals surface area contributed by atoms with Crippen LogP contribution in [0.1, 0.15) is 93.9 Å². The molecule has 0 radical (unpaired) electrons. The summed E-state index contributed by atoms with van der Waals surface area (Å²) in [5.74, 6) is -21.6. The van der Waals surface area contributed by atoms with Crippen molar-refractivity contribution < 1.29 is 217 Å². The number of nitrogens with one attached hydrogen (secondary N) is 7. The zero-order chi connectivity index (χ0) is 95.5. The molecule has 0 spiro atoms. The number of rotatable bonds is 39. The van der Waals surface area contributed by atoms with Crippen LogP contribution in [0.15, 0.2) is 0 Å². The van der Waals surface area contributed by atoms with E-state index >= 15 is 0 Å². The monoisotopic (exact) mass is 1850 g/mol. The number of aliphatic hydroxyl groups excluding tert-OH is 18. The third-order valence-corrected chi connectivity index (χ3v) is 23.2. The van der Waals surface area contributed by atoms with Crippen LogP contribution >= 0.6 is 0 Å². The van der Waals surface area contributed by atoms with Crippen LogP contribution in [0.4, 0.5) is 0 Å². The van der Waals surface area contributed by atoms with Gasteiger partial charge in [0.05, 0.1) is 82.6 Å². The van der Waals surface area contributed by atoms with E-state index in [-0.39, 0.29) is 32.4 Å². The Hall–Kier alpha value is -7.56. The molecule has 730 valence electrons. The fraction of sp³-hybridized carbons (Fsp3) is 0.838. The molecule has 17 unspecified atom stereocenters. The van der Waals surface area contributed by atoms with Crippen LogP contribution in [-0.2, 0) is 114 Å². The number of ether oxygens (including phenoxy) is 12. The van der Waals surface area contributed by atoms with Crippen molar-refractivity contribution in [2.24, 2.45) is 11.7 Å². The van der Waals surface area contributed by atoms with Gasteiger partial charge in [-0.2, -0.15) is 0 Å². The van der Waals surface area contributed by atoms with E-state index in [1.807, 2.05) is 0 Å². The molecule has 0 aromatic rings. The van der Waals surface area contributed by atoms with E-state index in [2.05, 4.69) is 37.2 Å². The van der Waals surface area contributed by atoms with Crippen molar-refractivity contribution in [3.63, 3.8) is 0 Å². The summed E-state index contributed by atoms with van der Waals surface area (Å²) in [6.07, 6.45) is -62.8. The predicted octanol–water partition coefficient (Wildman–Crippen LogP) is -17.1. The largest absolute Gasteiger partial charge is 0.477 e. The molecule has 0 bridgehead atoms. The van der Waals surface area contributed by atoms with Gasteiger partial charge in [-0.05, 0) is 46.5 Å². The third-order valence-electron chi connectivity index (χ3n) is 23.2. The molecule has 8 aliphatic heterocycles. The molecule has 10 amide bonds. The van der Waals surface area contributed by atoms with Gasteiger partial charge in [0.2, 0.25) is 59.1 Å². The fourth-order valence-electron chi connectivity index (χ4n) is 16.4. The van der Waals surface area contributed by atoms with Crippen LogP contribution in [-0.4, -0.2) is 474 Å². The molecule has 0 saturated carbocycles. The molecule has 0 aliphatic carbocycles. The van der Waals surface area contributed by atoms with Crippen molar-refractivity contribution in [3.8, 4) is 0 Å². The number of nitrogens with two attached hydrogens (primary N) is 1. The Labute approximate surface area is 728 Å². The molecule has 8 heterocycles. The van der Waals surface area contributed by atoms with Crippen molar-refractivity contribution >= 4 is 71.0 Å². The van der Waals surface area contributed by atoms with E-state index in [1.54, 1.807) is 0 Å². The maximum Gasteiger partial charge on any atom is 0.364 e. The quantitative estimate of drug-likeness (QED) is 0.0272. The lowest BCUT2D eigenvalue weighted by Gasteiger charge is -2.51. The SMILES string of the molecule is CC(=O)NC1[C@H](OCC2O[C@H](OC(C)C(NC(=O)C(C)CO)C(=O)NC(C)C(=O)N3CCCC3C(=O)N3CCCC3C(=O)NC(C)C(N)=O)C(NC(C)=O)[C@@H](O[C@@H]3OC(CO)[C@H](O)[C@H](O[C@]4(C(=O)O)C[C@@H](O)[C@@H](NC(C)=O)C([C@H](O)[C@H](O)CO)O4)C3O)[C@H]2O)OC(CO)[C@@H](O[C@@H]2OC(CO)[C@H](O)[C@H](O[C@]3(C(=O)O)C[C@@H](O)[C@@H](NC(C)=O)C([C@H](O)[C@H](O)CO)O3)C2O)[C@@H]1O. The van der Waals surface area contributed by atoms with Crippen LogP contribution in [0, 0.1) is 5.92 Å². The van der Waals surface area contributed by atoms with Gasteiger partial charge in [0.15, 0.2) is 25.2 Å². The van der Waals surface area contributed by atoms with Gasteiger partial charge in [-0.1, -0.05) is 6.92 Å². The predicted molar refractivity (Wildman–Crippen MR) is 410 cm³/mol. The number of primary amides is 1. The summed E-state index contributed by atoms with van der Waals surface area (Å²) in [7, 11) is 0. The second kappa shape index (κ2) is 45.7. The molecule has 8 fully saturated rings. The van der Waals surface area contributed by atoms with Crippen LogP contribution in [0.5, 0.6) is 0 Å². The van der Waals surface area contributed by atoms with Crippen LogP contribution < -0.4 is 43.0 Å². The number of likely N-dealkylation sites (tertiary alicyclic amines) is 2. The lowest BCUT2D eigenvalue weighted by atomic mass is 9.88. The highest BCUT2D eigenvalue weighted by Gasteiger charge is 2.64. The van der Waals surface area contributed by atoms with Gasteiger partial charge >= 0.3 is 11.9 Å². The van der Waals surface area contributed by atoms with Crippen molar-refractivity contribution in [2.75, 3.05) is 59.3 Å². The van der Waals surface area contributed by atoms with E-state index in [0.29, 0.717) is 6.42 Å². The first kappa shape index (κ1) is 106. The molecular weight excluding hydrogens is 1730 g/mol. The van der Waals surface area contributed by atoms with Gasteiger partial charge in [-0.3, -0.25) is 47.9 Å². The van der Waals surface area contributed by atoms with Gasteiger partial charge in [-0.15, -0.1) is 0 Å². The normalized spacial score (nSPS) is 37.8. The highest BCUT2D eigenvalue weighted by Crippen LogP contribution is 2.42. The Bertz CT molecular complexity index is 3820. The molecule has 39 atom stereocenters. The average molecular weight is 1850 g/mol. The number of nitrogens with zero attached hydrogens (tertiary/aromatic N) is 2. The number of aliphatic hydroxyl groups is 18. The highest BCUT2D eigenvalue weighted by molar-refractivity contribution is 5.97. The van der Waals surface area contributed by atoms with Crippen LogP contribution in [0.3, 0.4) is 0 Å². The Balaban J connectivity index is 1.14. The van der Waals surface area contributed by atoms with Crippen molar-refractivity contribution in [2.45, 2.75) is 325 Å². The fourth-order valence-corrected chi connectivity index (χ4v) is 16.4. The van der Waals surface area contributed by atoms with Gasteiger partial charge in [0, 0.05) is 53.6 Å². The summed E-state index contributed by atoms with van der Waals surface area (Å²) >= 11 is 0. The number of aliphatic carboxylic acids is 2. The number of carboxylic acid groups (broad SMARTS) is 2. The minimum absolute atomic E-state index is 0.0520. The van der Waals surface area contributed by atoms with Gasteiger partial charge in [0.1, 0.15) is 164 Å². The Morgan fingerprint density at radius 3 is 1.34 bits per heavy atom. The summed E-state index contributed by atoms with van der Waals surface area (Å²) < 4.78 is 72.0. The molecule has 0 aromatic heterocycles. The van der Waals surface area contributed by atoms with E-state index in [1.165, 1.54) is 25.7 Å². The van der Waals surface area contributed by atoms with Gasteiger partial charge in [-0.25, -0.2) is 9.59 Å². The Morgan fingerprint density at radius 2 is 0.898 bits per heavy atom. The molecule has 0 aromatic carbocycles. The second-order valence-electron chi connectivity index (χ2n) is 32.7. The number of carbonyl (C=O) groups excluding carboxylic acids is 10. The van der Waals surface area contributed by atoms with Crippen molar-refractivity contribution in [1.82, 2.24) is 47.0 Å². The number of hydrogen-bond donors (Lipinski definition) is 28. The number of amides is 10. The van der Waals surface area contributed by atoms with Gasteiger partial charge < -0.3 is 212 Å². The number of carbonyl (C=O) groups is 12. The summed E-state index contributed by atoms with van der Waals surface area (Å²) in [4.78, 5) is 164. The summed E-state index contributed by atoms with van der Waals surface area (Å²) in [5.41, 5.74) is 5.36. The van der Waals surface area contributed by atoms with Crippen LogP contribution in [0.2, 0.25) is 0 Å². The molecule has 8 rings (SSSR count). The summed E-state index contributed by atoms with van der Waals surface area (Å²) in [5, 5.41) is 239.